The molecule has 1 aromatic rings. The number of rotatable bonds is 4. The molecule has 68 valence electrons. The molecule has 4 heteroatoms. The van der Waals surface area contributed by atoms with Crippen molar-refractivity contribution in [1.29, 1.82) is 0 Å². The van der Waals surface area contributed by atoms with Crippen LogP contribution in [0.2, 0.25) is 0 Å². The number of nitrogens with one attached hydrogen (secondary N) is 1. The predicted molar refractivity (Wildman–Crippen MR) is 46.6 cm³/mol. The van der Waals surface area contributed by atoms with Crippen LogP contribution < -0.4 is 0 Å². The van der Waals surface area contributed by atoms with Crippen LogP contribution in [0.3, 0.4) is 0 Å². The molecule has 1 N–H and O–H groups in total. The number of hydrogen-bond acceptors (Lipinski definition) is 3. The number of tetrazole rings is 1. The fourth-order valence-corrected chi connectivity index (χ4v) is 0.915. The lowest BCUT2D eigenvalue weighted by Gasteiger charge is -2.20. The molecule has 0 spiro atoms. The largest absolute Gasteiger partial charge is 0.177 e. The third kappa shape index (κ3) is 2.60. The third-order valence-electron chi connectivity index (χ3n) is 2.37. The first-order valence-electron chi connectivity index (χ1n) is 4.36. The van der Waals surface area contributed by atoms with Crippen LogP contribution in [0, 0.1) is 5.41 Å². The van der Waals surface area contributed by atoms with Gasteiger partial charge in [-0.1, -0.05) is 32.4 Å². The zero-order valence-electron chi connectivity index (χ0n) is 7.96. The highest BCUT2D eigenvalue weighted by Crippen LogP contribution is 2.25. The van der Waals surface area contributed by atoms with E-state index in [0.717, 1.165) is 18.7 Å². The van der Waals surface area contributed by atoms with Gasteiger partial charge in [-0.15, -0.1) is 10.2 Å². The molecule has 0 saturated heterocycles. The summed E-state index contributed by atoms with van der Waals surface area (Å²) in [4.78, 5) is 0. The van der Waals surface area contributed by atoms with Crippen molar-refractivity contribution in [3.05, 3.63) is 5.82 Å². The van der Waals surface area contributed by atoms with E-state index >= 15 is 0 Å². The lowest BCUT2D eigenvalue weighted by Crippen LogP contribution is -2.11. The van der Waals surface area contributed by atoms with Gasteiger partial charge < -0.3 is 0 Å². The molecule has 4 nitrogen and oxygen atoms in total. The van der Waals surface area contributed by atoms with Crippen LogP contribution in [0.25, 0.3) is 0 Å². The second-order valence-corrected chi connectivity index (χ2v) is 3.85. The molecule has 0 amide bonds. The summed E-state index contributed by atoms with van der Waals surface area (Å²) in [6, 6.07) is 0. The zero-order chi connectivity index (χ0) is 9.03. The fraction of sp³-hybridized carbons (Fsp3) is 0.875. The van der Waals surface area contributed by atoms with E-state index in [1.165, 1.54) is 6.42 Å². The first-order valence-corrected chi connectivity index (χ1v) is 4.36. The minimum atomic E-state index is 0.390. The van der Waals surface area contributed by atoms with E-state index in [-0.39, 0.29) is 0 Å². The summed E-state index contributed by atoms with van der Waals surface area (Å²) in [7, 11) is 0. The van der Waals surface area contributed by atoms with Gasteiger partial charge in [0.25, 0.3) is 0 Å². The smallest absolute Gasteiger partial charge is 0.174 e. The van der Waals surface area contributed by atoms with Crippen LogP contribution in [0.5, 0.6) is 0 Å². The van der Waals surface area contributed by atoms with Crippen LogP contribution in [-0.2, 0) is 6.42 Å². The molecule has 0 bridgehead atoms. The van der Waals surface area contributed by atoms with E-state index in [0.29, 0.717) is 5.41 Å². The van der Waals surface area contributed by atoms with Gasteiger partial charge in [0.15, 0.2) is 5.82 Å². The third-order valence-corrected chi connectivity index (χ3v) is 2.37. The molecule has 0 fully saturated rings. The van der Waals surface area contributed by atoms with Crippen molar-refractivity contribution in [3.63, 3.8) is 0 Å². The Morgan fingerprint density at radius 3 is 2.67 bits per heavy atom. The fourth-order valence-electron chi connectivity index (χ4n) is 0.915. The predicted octanol–water partition coefficient (Wildman–Crippen LogP) is 1.57. The van der Waals surface area contributed by atoms with Crippen LogP contribution in [0.1, 0.15) is 39.4 Å². The Labute approximate surface area is 72.8 Å². The van der Waals surface area contributed by atoms with Crippen molar-refractivity contribution < 1.29 is 0 Å². The van der Waals surface area contributed by atoms with Crippen LogP contribution in [0.15, 0.2) is 0 Å². The average molecular weight is 168 g/mol. The van der Waals surface area contributed by atoms with E-state index in [2.05, 4.69) is 41.4 Å². The summed E-state index contributed by atoms with van der Waals surface area (Å²) in [5.41, 5.74) is 0.390. The van der Waals surface area contributed by atoms with Crippen LogP contribution in [-0.4, -0.2) is 20.6 Å². The Morgan fingerprint density at radius 1 is 1.42 bits per heavy atom. The number of aryl methyl sites for hydroxylation is 1. The molecule has 1 rings (SSSR count). The van der Waals surface area contributed by atoms with E-state index in [1.807, 2.05) is 0 Å². The molecular formula is C8H16N4. The Kier molecular flexibility index (Phi) is 2.78. The number of hydrogen-bond donors (Lipinski definition) is 1. The maximum Gasteiger partial charge on any atom is 0.174 e. The Morgan fingerprint density at radius 2 is 2.17 bits per heavy atom. The van der Waals surface area contributed by atoms with Crippen molar-refractivity contribution in [2.24, 2.45) is 5.41 Å². The summed E-state index contributed by atoms with van der Waals surface area (Å²) < 4.78 is 0. The maximum absolute atomic E-state index is 3.91. The van der Waals surface area contributed by atoms with Gasteiger partial charge in [0.2, 0.25) is 0 Å². The highest BCUT2D eigenvalue weighted by Gasteiger charge is 2.15. The van der Waals surface area contributed by atoms with E-state index in [4.69, 9.17) is 0 Å². The molecule has 0 unspecified atom stereocenters. The Balaban J connectivity index is 2.36. The van der Waals surface area contributed by atoms with E-state index in [9.17, 15) is 0 Å². The van der Waals surface area contributed by atoms with Gasteiger partial charge in [0.05, 0.1) is 0 Å². The monoisotopic (exact) mass is 168 g/mol. The Bertz CT molecular complexity index is 215. The summed E-state index contributed by atoms with van der Waals surface area (Å²) in [5, 5.41) is 13.8. The molecule has 12 heavy (non-hydrogen) atoms. The second kappa shape index (κ2) is 3.65. The van der Waals surface area contributed by atoms with Gasteiger partial charge in [-0.3, -0.25) is 0 Å². The van der Waals surface area contributed by atoms with Crippen molar-refractivity contribution in [1.82, 2.24) is 20.6 Å². The van der Waals surface area contributed by atoms with Gasteiger partial charge in [0, 0.05) is 6.42 Å². The maximum atomic E-state index is 3.91. The van der Waals surface area contributed by atoms with E-state index < -0.39 is 0 Å². The highest BCUT2D eigenvalue weighted by molar-refractivity contribution is 4.79. The molecule has 0 aliphatic carbocycles. The molecule has 0 aliphatic heterocycles. The standard InChI is InChI=1S/C8H16N4/c1-4-8(2,3)6-5-7-9-11-12-10-7/h4-6H2,1-3H3,(H,9,10,11,12). The van der Waals surface area contributed by atoms with Gasteiger partial charge in [-0.2, -0.15) is 5.21 Å². The Hall–Kier alpha value is -0.930. The van der Waals surface area contributed by atoms with Gasteiger partial charge in [-0.25, -0.2) is 0 Å². The SMILES string of the molecule is CCC(C)(C)CCc1nn[nH]n1. The molecule has 1 heterocycles. The summed E-state index contributed by atoms with van der Waals surface area (Å²) in [6.45, 7) is 6.72. The van der Waals surface area contributed by atoms with Gasteiger partial charge in [0.1, 0.15) is 0 Å². The molecule has 0 saturated carbocycles. The van der Waals surface area contributed by atoms with Crippen LogP contribution in [0.4, 0.5) is 0 Å². The number of H-pyrrole nitrogens is 1. The molecular weight excluding hydrogens is 152 g/mol. The lowest BCUT2D eigenvalue weighted by atomic mass is 9.85. The molecule has 0 aromatic carbocycles. The van der Waals surface area contributed by atoms with Crippen molar-refractivity contribution in [2.75, 3.05) is 0 Å². The zero-order valence-corrected chi connectivity index (χ0v) is 7.96. The first kappa shape index (κ1) is 9.16. The van der Waals surface area contributed by atoms with E-state index in [1.54, 1.807) is 0 Å². The van der Waals surface area contributed by atoms with Crippen molar-refractivity contribution >= 4 is 0 Å². The number of aromatic amines is 1. The summed E-state index contributed by atoms with van der Waals surface area (Å²) in [5.74, 6) is 0.816. The lowest BCUT2D eigenvalue weighted by molar-refractivity contribution is 0.320. The quantitative estimate of drug-likeness (QED) is 0.742. The number of nitrogens with zero attached hydrogens (tertiary/aromatic N) is 3. The minimum absolute atomic E-state index is 0.390. The number of aromatic nitrogens is 4. The van der Waals surface area contributed by atoms with Crippen molar-refractivity contribution in [2.45, 2.75) is 40.0 Å². The normalized spacial score (nSPS) is 11.9. The second-order valence-electron chi connectivity index (χ2n) is 3.85. The molecule has 0 radical (unpaired) electrons. The minimum Gasteiger partial charge on any atom is -0.177 e. The van der Waals surface area contributed by atoms with Crippen LogP contribution >= 0.6 is 0 Å². The highest BCUT2D eigenvalue weighted by atomic mass is 15.5. The van der Waals surface area contributed by atoms with Gasteiger partial charge in [-0.05, 0) is 11.8 Å². The molecule has 0 aliphatic rings. The molecule has 1 aromatic heterocycles. The van der Waals surface area contributed by atoms with Gasteiger partial charge >= 0.3 is 0 Å². The molecule has 0 atom stereocenters. The summed E-state index contributed by atoms with van der Waals surface area (Å²) in [6.07, 6.45) is 3.21. The summed E-state index contributed by atoms with van der Waals surface area (Å²) >= 11 is 0. The van der Waals surface area contributed by atoms with Crippen molar-refractivity contribution in [3.8, 4) is 0 Å². The topological polar surface area (TPSA) is 54.5 Å². The average Bonchev–Trinajstić information content (AvgIpc) is 2.53. The first-order chi connectivity index (χ1) is 5.64.